The number of hydrogen-bond acceptors (Lipinski definition) is 4. The molecule has 0 unspecified atom stereocenters. The molecule has 0 spiro atoms. The topological polar surface area (TPSA) is 84.2 Å². The lowest BCUT2D eigenvalue weighted by Gasteiger charge is -2.12. The molecular formula is C13H14BrN3O3S. The first-order valence-electron chi connectivity index (χ1n) is 6.19. The number of aromatic carboxylic acids is 1. The van der Waals surface area contributed by atoms with E-state index in [-0.39, 0.29) is 22.5 Å². The van der Waals surface area contributed by atoms with Gasteiger partial charge in [0.2, 0.25) is 0 Å². The van der Waals surface area contributed by atoms with E-state index in [4.69, 9.17) is 5.11 Å². The van der Waals surface area contributed by atoms with E-state index in [1.165, 1.54) is 0 Å². The Morgan fingerprint density at radius 2 is 2.14 bits per heavy atom. The average molecular weight is 372 g/mol. The van der Waals surface area contributed by atoms with Crippen LogP contribution < -0.4 is 5.32 Å². The first-order valence-corrected chi connectivity index (χ1v) is 7.76. The van der Waals surface area contributed by atoms with Gasteiger partial charge in [-0.3, -0.25) is 4.79 Å². The van der Waals surface area contributed by atoms with Crippen molar-refractivity contribution in [3.8, 4) is 0 Å². The van der Waals surface area contributed by atoms with Gasteiger partial charge in [-0.05, 0) is 54.3 Å². The van der Waals surface area contributed by atoms with Crippen LogP contribution in [0, 0.1) is 6.92 Å². The van der Waals surface area contributed by atoms with Crippen molar-refractivity contribution in [3.05, 3.63) is 33.7 Å². The molecule has 6 nitrogen and oxygen atoms in total. The van der Waals surface area contributed by atoms with Gasteiger partial charge in [0, 0.05) is 16.7 Å². The molecule has 2 aromatic heterocycles. The number of nitrogens with one attached hydrogen (secondary N) is 1. The monoisotopic (exact) mass is 371 g/mol. The minimum absolute atomic E-state index is 0.0371. The number of carboxylic acid groups (broad SMARTS) is 1. The van der Waals surface area contributed by atoms with Gasteiger partial charge in [0.1, 0.15) is 16.3 Å². The highest BCUT2D eigenvalue weighted by atomic mass is 79.9. The Bertz CT molecular complexity index is 706. The predicted octanol–water partition coefficient (Wildman–Crippen LogP) is 3.55. The van der Waals surface area contributed by atoms with Crippen LogP contribution in [0.4, 0.5) is 5.00 Å². The highest BCUT2D eigenvalue weighted by Gasteiger charge is 2.22. The number of halogens is 1. The molecule has 2 heterocycles. The standard InChI is InChI=1S/C13H14BrN3O3S/c1-6(2)17-5-8(14)4-9(17)11(18)15-12-10(13(19)20)7(3)16-21-12/h4-6H,1-3H3,(H,15,18)(H,19,20). The fourth-order valence-corrected chi connectivity index (χ4v) is 3.15. The van der Waals surface area contributed by atoms with E-state index < -0.39 is 5.97 Å². The molecule has 0 aliphatic heterocycles. The van der Waals surface area contributed by atoms with Gasteiger partial charge in [-0.25, -0.2) is 4.79 Å². The normalized spacial score (nSPS) is 10.9. The molecule has 21 heavy (non-hydrogen) atoms. The van der Waals surface area contributed by atoms with Crippen molar-refractivity contribution in [2.45, 2.75) is 26.8 Å². The zero-order valence-electron chi connectivity index (χ0n) is 11.7. The van der Waals surface area contributed by atoms with Gasteiger partial charge in [-0.2, -0.15) is 4.37 Å². The summed E-state index contributed by atoms with van der Waals surface area (Å²) in [6.45, 7) is 5.52. The van der Waals surface area contributed by atoms with Crippen LogP contribution in [0.25, 0.3) is 0 Å². The zero-order valence-corrected chi connectivity index (χ0v) is 14.1. The molecule has 0 radical (unpaired) electrons. The summed E-state index contributed by atoms with van der Waals surface area (Å²) < 4.78 is 6.58. The predicted molar refractivity (Wildman–Crippen MR) is 84.3 cm³/mol. The van der Waals surface area contributed by atoms with Gasteiger partial charge >= 0.3 is 5.97 Å². The maximum atomic E-state index is 12.4. The van der Waals surface area contributed by atoms with Crippen LogP contribution in [-0.2, 0) is 0 Å². The molecule has 2 aromatic rings. The summed E-state index contributed by atoms with van der Waals surface area (Å²) in [6, 6.07) is 1.81. The van der Waals surface area contributed by atoms with Crippen molar-refractivity contribution < 1.29 is 14.7 Å². The second kappa shape index (κ2) is 5.98. The van der Waals surface area contributed by atoms with Crippen molar-refractivity contribution in [2.24, 2.45) is 0 Å². The number of rotatable bonds is 4. The summed E-state index contributed by atoms with van der Waals surface area (Å²) in [7, 11) is 0. The van der Waals surface area contributed by atoms with E-state index in [9.17, 15) is 9.59 Å². The largest absolute Gasteiger partial charge is 0.478 e. The summed E-state index contributed by atoms with van der Waals surface area (Å²) in [4.78, 5) is 23.6. The minimum Gasteiger partial charge on any atom is -0.478 e. The van der Waals surface area contributed by atoms with Crippen LogP contribution >= 0.6 is 27.5 Å². The molecule has 0 aliphatic rings. The van der Waals surface area contributed by atoms with Gasteiger partial charge in [-0.15, -0.1) is 0 Å². The lowest BCUT2D eigenvalue weighted by molar-refractivity contribution is 0.0697. The molecule has 0 saturated heterocycles. The number of carboxylic acids is 1. The Labute approximate surface area is 134 Å². The van der Waals surface area contributed by atoms with Gasteiger partial charge in [0.15, 0.2) is 0 Å². The first kappa shape index (κ1) is 15.7. The average Bonchev–Trinajstić information content (AvgIpc) is 2.93. The quantitative estimate of drug-likeness (QED) is 0.860. The van der Waals surface area contributed by atoms with E-state index in [2.05, 4.69) is 25.6 Å². The third-order valence-electron chi connectivity index (χ3n) is 2.91. The van der Waals surface area contributed by atoms with Crippen molar-refractivity contribution in [1.29, 1.82) is 0 Å². The lowest BCUT2D eigenvalue weighted by atomic mass is 10.2. The maximum absolute atomic E-state index is 12.4. The maximum Gasteiger partial charge on any atom is 0.340 e. The van der Waals surface area contributed by atoms with Crippen LogP contribution in [0.3, 0.4) is 0 Å². The number of carbonyl (C=O) groups is 2. The van der Waals surface area contributed by atoms with Crippen molar-refractivity contribution in [1.82, 2.24) is 8.94 Å². The lowest BCUT2D eigenvalue weighted by Crippen LogP contribution is -2.18. The highest BCUT2D eigenvalue weighted by Crippen LogP contribution is 2.26. The van der Waals surface area contributed by atoms with E-state index in [0.29, 0.717) is 11.4 Å². The Morgan fingerprint density at radius 3 is 2.71 bits per heavy atom. The van der Waals surface area contributed by atoms with E-state index in [1.807, 2.05) is 24.6 Å². The van der Waals surface area contributed by atoms with E-state index in [0.717, 1.165) is 16.0 Å². The Morgan fingerprint density at radius 1 is 1.48 bits per heavy atom. The highest BCUT2D eigenvalue weighted by molar-refractivity contribution is 9.10. The Hall–Kier alpha value is -1.67. The molecule has 0 aromatic carbocycles. The van der Waals surface area contributed by atoms with Crippen molar-refractivity contribution >= 4 is 44.3 Å². The SMILES string of the molecule is Cc1nsc(NC(=O)c2cc(Br)cn2C(C)C)c1C(=O)O. The Kier molecular flexibility index (Phi) is 4.48. The number of nitrogens with zero attached hydrogens (tertiary/aromatic N) is 2. The number of carbonyl (C=O) groups excluding carboxylic acids is 1. The van der Waals surface area contributed by atoms with Crippen LogP contribution in [0.1, 0.15) is 46.4 Å². The van der Waals surface area contributed by atoms with Crippen LogP contribution in [-0.4, -0.2) is 25.9 Å². The molecule has 1 amide bonds. The summed E-state index contributed by atoms with van der Waals surface area (Å²) >= 11 is 4.31. The molecule has 2 N–H and O–H groups in total. The van der Waals surface area contributed by atoms with Gasteiger partial charge < -0.3 is 15.0 Å². The van der Waals surface area contributed by atoms with E-state index >= 15 is 0 Å². The molecular weight excluding hydrogens is 358 g/mol. The van der Waals surface area contributed by atoms with Crippen LogP contribution in [0.2, 0.25) is 0 Å². The Balaban J connectivity index is 2.33. The molecule has 2 rings (SSSR count). The van der Waals surface area contributed by atoms with E-state index in [1.54, 1.807) is 13.0 Å². The smallest absolute Gasteiger partial charge is 0.340 e. The van der Waals surface area contributed by atoms with Crippen molar-refractivity contribution in [3.63, 3.8) is 0 Å². The number of amides is 1. The fraction of sp³-hybridized carbons (Fsp3) is 0.308. The van der Waals surface area contributed by atoms with Gasteiger partial charge in [0.25, 0.3) is 5.91 Å². The summed E-state index contributed by atoms with van der Waals surface area (Å²) in [5, 5.41) is 12.0. The van der Waals surface area contributed by atoms with Gasteiger partial charge in [0.05, 0.1) is 5.69 Å². The fourth-order valence-electron chi connectivity index (χ4n) is 1.93. The molecule has 8 heteroatoms. The molecule has 0 aliphatic carbocycles. The summed E-state index contributed by atoms with van der Waals surface area (Å²) in [6.07, 6.45) is 1.82. The number of aromatic nitrogens is 2. The summed E-state index contributed by atoms with van der Waals surface area (Å²) in [5.41, 5.74) is 0.887. The number of anilines is 1. The molecule has 0 atom stereocenters. The van der Waals surface area contributed by atoms with Crippen molar-refractivity contribution in [2.75, 3.05) is 5.32 Å². The molecule has 0 fully saturated rings. The number of hydrogen-bond donors (Lipinski definition) is 2. The molecule has 112 valence electrons. The number of aryl methyl sites for hydroxylation is 1. The third-order valence-corrected chi connectivity index (χ3v) is 4.20. The van der Waals surface area contributed by atoms with Crippen LogP contribution in [0.5, 0.6) is 0 Å². The second-order valence-electron chi connectivity index (χ2n) is 4.78. The first-order chi connectivity index (χ1) is 9.81. The van der Waals surface area contributed by atoms with Crippen LogP contribution in [0.15, 0.2) is 16.7 Å². The minimum atomic E-state index is -1.10. The van der Waals surface area contributed by atoms with Gasteiger partial charge in [-0.1, -0.05) is 0 Å². The molecule has 0 saturated carbocycles. The molecule has 0 bridgehead atoms. The third kappa shape index (κ3) is 3.16. The zero-order chi connectivity index (χ0) is 15.7. The second-order valence-corrected chi connectivity index (χ2v) is 6.47. The summed E-state index contributed by atoms with van der Waals surface area (Å²) in [5.74, 6) is -1.46.